The predicted molar refractivity (Wildman–Crippen MR) is 114 cm³/mol. The second-order valence-electron chi connectivity index (χ2n) is 6.70. The summed E-state index contributed by atoms with van der Waals surface area (Å²) < 4.78 is 10.3. The number of esters is 2. The molecule has 0 saturated heterocycles. The van der Waals surface area contributed by atoms with Crippen LogP contribution in [0, 0.1) is 0 Å². The fraction of sp³-hybridized carbons (Fsp3) is 0.292. The van der Waals surface area contributed by atoms with Crippen LogP contribution in [0.5, 0.6) is 0 Å². The average Bonchev–Trinajstić information content (AvgIpc) is 2.74. The summed E-state index contributed by atoms with van der Waals surface area (Å²) in [5, 5.41) is 0. The molecule has 0 aliphatic heterocycles. The monoisotopic (exact) mass is 393 g/mol. The number of pyridine rings is 1. The molecule has 1 aromatic carbocycles. The van der Waals surface area contributed by atoms with E-state index in [2.05, 4.69) is 11.6 Å². The third-order valence-corrected chi connectivity index (χ3v) is 4.17. The largest absolute Gasteiger partial charge is 0.462 e. The third-order valence-electron chi connectivity index (χ3n) is 4.17. The van der Waals surface area contributed by atoms with Crippen LogP contribution in [0.3, 0.4) is 0 Å². The summed E-state index contributed by atoms with van der Waals surface area (Å²) in [6.07, 6.45) is 10.9. The van der Waals surface area contributed by atoms with Crippen LogP contribution in [0.1, 0.15) is 54.1 Å². The van der Waals surface area contributed by atoms with E-state index in [1.165, 1.54) is 0 Å². The molecule has 0 aliphatic carbocycles. The van der Waals surface area contributed by atoms with E-state index >= 15 is 0 Å². The molecule has 0 spiro atoms. The highest BCUT2D eigenvalue weighted by Crippen LogP contribution is 2.11. The fourth-order valence-electron chi connectivity index (χ4n) is 2.49. The van der Waals surface area contributed by atoms with Crippen molar-refractivity contribution in [2.75, 3.05) is 13.2 Å². The van der Waals surface area contributed by atoms with E-state index in [4.69, 9.17) is 9.47 Å². The summed E-state index contributed by atoms with van der Waals surface area (Å²) >= 11 is 0. The lowest BCUT2D eigenvalue weighted by Crippen LogP contribution is -2.07. The van der Waals surface area contributed by atoms with Crippen molar-refractivity contribution in [3.05, 3.63) is 77.6 Å². The van der Waals surface area contributed by atoms with Crippen LogP contribution in [-0.2, 0) is 14.3 Å². The second kappa shape index (κ2) is 12.3. The van der Waals surface area contributed by atoms with Crippen LogP contribution in [-0.4, -0.2) is 30.1 Å². The van der Waals surface area contributed by atoms with Gasteiger partial charge < -0.3 is 9.47 Å². The Morgan fingerprint density at radius 1 is 0.862 bits per heavy atom. The van der Waals surface area contributed by atoms with Crippen molar-refractivity contribution in [1.82, 2.24) is 4.98 Å². The van der Waals surface area contributed by atoms with Crippen molar-refractivity contribution < 1.29 is 19.1 Å². The van der Waals surface area contributed by atoms with Crippen molar-refractivity contribution in [2.45, 2.75) is 32.6 Å². The van der Waals surface area contributed by atoms with Gasteiger partial charge in [-0.15, -0.1) is 0 Å². The van der Waals surface area contributed by atoms with Crippen LogP contribution >= 0.6 is 0 Å². The van der Waals surface area contributed by atoms with Gasteiger partial charge in [0.1, 0.15) is 0 Å². The van der Waals surface area contributed by atoms with E-state index in [-0.39, 0.29) is 11.9 Å². The third kappa shape index (κ3) is 8.56. The smallest absolute Gasteiger partial charge is 0.338 e. The summed E-state index contributed by atoms with van der Waals surface area (Å²) in [5.41, 5.74) is 3.02. The van der Waals surface area contributed by atoms with Gasteiger partial charge in [0.25, 0.3) is 0 Å². The minimum atomic E-state index is -0.349. The Morgan fingerprint density at radius 3 is 2.00 bits per heavy atom. The molecule has 1 aromatic heterocycles. The Hall–Kier alpha value is -3.21. The van der Waals surface area contributed by atoms with Crippen molar-refractivity contribution in [3.63, 3.8) is 0 Å². The molecule has 2 rings (SSSR count). The van der Waals surface area contributed by atoms with Crippen molar-refractivity contribution >= 4 is 24.1 Å². The number of aromatic nitrogens is 1. The molecule has 2 aromatic rings. The number of benzene rings is 1. The molecule has 5 heteroatoms. The second-order valence-corrected chi connectivity index (χ2v) is 6.70. The fourth-order valence-corrected chi connectivity index (χ4v) is 2.49. The van der Waals surface area contributed by atoms with Gasteiger partial charge in [-0.2, -0.15) is 0 Å². The van der Waals surface area contributed by atoms with Gasteiger partial charge in [0, 0.05) is 18.0 Å². The van der Waals surface area contributed by atoms with Gasteiger partial charge >= 0.3 is 11.9 Å². The maximum Gasteiger partial charge on any atom is 0.338 e. The lowest BCUT2D eigenvalue weighted by molar-refractivity contribution is -0.139. The molecule has 1 heterocycles. The first-order valence-electron chi connectivity index (χ1n) is 9.74. The Morgan fingerprint density at radius 2 is 1.41 bits per heavy atom. The van der Waals surface area contributed by atoms with Gasteiger partial charge in [0.05, 0.1) is 18.8 Å². The average molecular weight is 393 g/mol. The van der Waals surface area contributed by atoms with Gasteiger partial charge in [-0.3, -0.25) is 4.98 Å². The first-order valence-corrected chi connectivity index (χ1v) is 9.74. The Labute approximate surface area is 172 Å². The van der Waals surface area contributed by atoms with Crippen LogP contribution in [0.25, 0.3) is 12.2 Å². The zero-order valence-corrected chi connectivity index (χ0v) is 16.8. The van der Waals surface area contributed by atoms with Gasteiger partial charge in [0.15, 0.2) is 0 Å². The van der Waals surface area contributed by atoms with Gasteiger partial charge in [0.2, 0.25) is 0 Å². The van der Waals surface area contributed by atoms with Crippen molar-refractivity contribution in [1.29, 1.82) is 0 Å². The molecule has 0 unspecified atom stereocenters. The van der Waals surface area contributed by atoms with Crippen LogP contribution in [0.2, 0.25) is 0 Å². The number of unbranched alkanes of at least 4 members (excludes halogenated alkanes) is 3. The van der Waals surface area contributed by atoms with Gasteiger partial charge in [-0.05, 0) is 68.0 Å². The number of carbonyl (C=O) groups is 2. The number of hydrogen-bond acceptors (Lipinski definition) is 5. The highest BCUT2D eigenvalue weighted by molar-refractivity contribution is 5.89. The molecule has 0 atom stereocenters. The lowest BCUT2D eigenvalue weighted by atomic mass is 10.1. The zero-order valence-electron chi connectivity index (χ0n) is 16.8. The molecule has 0 saturated carbocycles. The zero-order chi connectivity index (χ0) is 20.9. The molecule has 0 amide bonds. The minimum Gasteiger partial charge on any atom is -0.462 e. The predicted octanol–water partition coefficient (Wildman–Crippen LogP) is 5.09. The highest BCUT2D eigenvalue weighted by Gasteiger charge is 2.06. The molecule has 0 radical (unpaired) electrons. The first kappa shape index (κ1) is 22.1. The van der Waals surface area contributed by atoms with E-state index in [9.17, 15) is 9.59 Å². The van der Waals surface area contributed by atoms with E-state index in [0.29, 0.717) is 24.4 Å². The lowest BCUT2D eigenvalue weighted by Gasteiger charge is -2.06. The standard InChI is InChI=1S/C24H27NO4/c1-19(2)23(26)28-17-5-3-4-6-18-29-24(27)22-11-9-20(10-12-22)7-8-21-13-15-25-16-14-21/h7-16H,1,3-6,17-18H2,2H3. The summed E-state index contributed by atoms with van der Waals surface area (Å²) in [6.45, 7) is 5.94. The maximum atomic E-state index is 12.1. The number of nitrogens with zero attached hydrogens (tertiary/aromatic N) is 1. The van der Waals surface area contributed by atoms with Crippen LogP contribution in [0.15, 0.2) is 60.9 Å². The Bertz CT molecular complexity index is 826. The Kier molecular flexibility index (Phi) is 9.36. The summed E-state index contributed by atoms with van der Waals surface area (Å²) in [7, 11) is 0. The van der Waals surface area contributed by atoms with Crippen LogP contribution in [0.4, 0.5) is 0 Å². The topological polar surface area (TPSA) is 65.5 Å². The summed E-state index contributed by atoms with van der Waals surface area (Å²) in [5.74, 6) is -0.664. The molecule has 0 fully saturated rings. The minimum absolute atomic E-state index is 0.315. The molecule has 29 heavy (non-hydrogen) atoms. The molecule has 0 N–H and O–H groups in total. The first-order chi connectivity index (χ1) is 14.1. The summed E-state index contributed by atoms with van der Waals surface area (Å²) in [6, 6.07) is 11.2. The molecule has 5 nitrogen and oxygen atoms in total. The SMILES string of the molecule is C=C(C)C(=O)OCCCCCCOC(=O)c1ccc(C=Cc2ccncc2)cc1. The maximum absolute atomic E-state index is 12.1. The van der Waals surface area contributed by atoms with E-state index in [0.717, 1.165) is 36.8 Å². The van der Waals surface area contributed by atoms with Crippen molar-refractivity contribution in [3.8, 4) is 0 Å². The highest BCUT2D eigenvalue weighted by atomic mass is 16.5. The molecular weight excluding hydrogens is 366 g/mol. The quantitative estimate of drug-likeness (QED) is 0.302. The molecule has 152 valence electrons. The number of hydrogen-bond donors (Lipinski definition) is 0. The molecule has 0 aliphatic rings. The van der Waals surface area contributed by atoms with Crippen molar-refractivity contribution in [2.24, 2.45) is 0 Å². The molecule has 0 bridgehead atoms. The number of carbonyl (C=O) groups excluding carboxylic acids is 2. The van der Waals surface area contributed by atoms with Gasteiger partial charge in [-0.1, -0.05) is 30.9 Å². The normalized spacial score (nSPS) is 10.7. The van der Waals surface area contributed by atoms with Gasteiger partial charge in [-0.25, -0.2) is 9.59 Å². The van der Waals surface area contributed by atoms with E-state index in [1.807, 2.05) is 36.4 Å². The summed E-state index contributed by atoms with van der Waals surface area (Å²) in [4.78, 5) is 27.3. The van der Waals surface area contributed by atoms with E-state index in [1.54, 1.807) is 31.5 Å². The number of ether oxygens (including phenoxy) is 2. The van der Waals surface area contributed by atoms with Crippen LogP contribution < -0.4 is 0 Å². The number of rotatable bonds is 11. The molecular formula is C24H27NO4. The Balaban J connectivity index is 1.62. The van der Waals surface area contributed by atoms with E-state index < -0.39 is 0 Å².